The summed E-state index contributed by atoms with van der Waals surface area (Å²) in [6.07, 6.45) is 0.929. The largest absolute Gasteiger partial charge is 0.319 e. The Hall–Kier alpha value is -0.890. The van der Waals surface area contributed by atoms with E-state index in [0.29, 0.717) is 5.92 Å². The second kappa shape index (κ2) is 4.97. The molecule has 0 aliphatic rings. The van der Waals surface area contributed by atoms with E-state index < -0.39 is 0 Å². The van der Waals surface area contributed by atoms with Gasteiger partial charge < -0.3 is 5.32 Å². The van der Waals surface area contributed by atoms with E-state index in [-0.39, 0.29) is 5.82 Å². The van der Waals surface area contributed by atoms with Crippen LogP contribution in [0.2, 0.25) is 0 Å². The molecule has 13 heavy (non-hydrogen) atoms. The molecule has 0 saturated carbocycles. The summed E-state index contributed by atoms with van der Waals surface area (Å²) in [4.78, 5) is 0. The maximum Gasteiger partial charge on any atom is 0.123 e. The summed E-state index contributed by atoms with van der Waals surface area (Å²) in [5, 5.41) is 3.11. The van der Waals surface area contributed by atoms with E-state index >= 15 is 0 Å². The molecule has 1 unspecified atom stereocenters. The standard InChI is InChI=1S/C11H16FN/c1-9(8-13-2)6-10-4-3-5-11(12)7-10/h3-5,7,9,13H,6,8H2,1-2H3. The Bertz CT molecular complexity index is 260. The van der Waals surface area contributed by atoms with Crippen molar-refractivity contribution in [3.05, 3.63) is 35.6 Å². The van der Waals surface area contributed by atoms with Crippen LogP contribution in [0, 0.1) is 11.7 Å². The summed E-state index contributed by atoms with van der Waals surface area (Å²) in [5.74, 6) is 0.404. The van der Waals surface area contributed by atoms with Gasteiger partial charge in [0, 0.05) is 0 Å². The summed E-state index contributed by atoms with van der Waals surface area (Å²) in [5.41, 5.74) is 1.07. The summed E-state index contributed by atoms with van der Waals surface area (Å²) in [7, 11) is 1.93. The highest BCUT2D eigenvalue weighted by Gasteiger charge is 2.02. The van der Waals surface area contributed by atoms with Gasteiger partial charge in [-0.1, -0.05) is 19.1 Å². The fraction of sp³-hybridized carbons (Fsp3) is 0.455. The fourth-order valence-corrected chi connectivity index (χ4v) is 1.49. The van der Waals surface area contributed by atoms with Gasteiger partial charge >= 0.3 is 0 Å². The van der Waals surface area contributed by atoms with Crippen molar-refractivity contribution in [2.45, 2.75) is 13.3 Å². The zero-order valence-corrected chi connectivity index (χ0v) is 8.18. The molecule has 0 amide bonds. The number of nitrogens with one attached hydrogen (secondary N) is 1. The Morgan fingerprint density at radius 1 is 1.46 bits per heavy atom. The first kappa shape index (κ1) is 10.2. The van der Waals surface area contributed by atoms with Crippen LogP contribution < -0.4 is 5.32 Å². The normalized spacial score (nSPS) is 12.8. The van der Waals surface area contributed by atoms with Crippen LogP contribution in [0.5, 0.6) is 0 Å². The minimum absolute atomic E-state index is 0.144. The molecule has 0 bridgehead atoms. The number of hydrogen-bond acceptors (Lipinski definition) is 1. The molecule has 0 radical (unpaired) electrons. The lowest BCUT2D eigenvalue weighted by molar-refractivity contribution is 0.539. The van der Waals surface area contributed by atoms with Gasteiger partial charge in [0.2, 0.25) is 0 Å². The second-order valence-corrected chi connectivity index (χ2v) is 3.50. The van der Waals surface area contributed by atoms with Gasteiger partial charge in [0.05, 0.1) is 0 Å². The van der Waals surface area contributed by atoms with Gasteiger partial charge in [-0.2, -0.15) is 0 Å². The Balaban J connectivity index is 2.53. The smallest absolute Gasteiger partial charge is 0.123 e. The molecule has 0 saturated heterocycles. The van der Waals surface area contributed by atoms with Gasteiger partial charge in [-0.3, -0.25) is 0 Å². The quantitative estimate of drug-likeness (QED) is 0.751. The molecule has 0 aromatic heterocycles. The van der Waals surface area contributed by atoms with Gasteiger partial charge in [-0.15, -0.1) is 0 Å². The van der Waals surface area contributed by atoms with Crippen LogP contribution in [-0.4, -0.2) is 13.6 Å². The third-order valence-corrected chi connectivity index (χ3v) is 2.03. The highest BCUT2D eigenvalue weighted by molar-refractivity contribution is 5.16. The van der Waals surface area contributed by atoms with Crippen LogP contribution in [0.1, 0.15) is 12.5 Å². The summed E-state index contributed by atoms with van der Waals surface area (Å²) >= 11 is 0. The van der Waals surface area contributed by atoms with Crippen LogP contribution >= 0.6 is 0 Å². The van der Waals surface area contributed by atoms with Crippen LogP contribution in [0.15, 0.2) is 24.3 Å². The lowest BCUT2D eigenvalue weighted by Gasteiger charge is -2.10. The lowest BCUT2D eigenvalue weighted by Crippen LogP contribution is -2.17. The molecule has 72 valence electrons. The molecule has 0 spiro atoms. The molecule has 0 heterocycles. The molecule has 1 N–H and O–H groups in total. The molecular weight excluding hydrogens is 165 g/mol. The average Bonchev–Trinajstić information content (AvgIpc) is 2.04. The van der Waals surface area contributed by atoms with Crippen LogP contribution in [0.4, 0.5) is 4.39 Å². The molecule has 0 aliphatic carbocycles. The van der Waals surface area contributed by atoms with Gasteiger partial charge in [0.25, 0.3) is 0 Å². The van der Waals surface area contributed by atoms with Crippen molar-refractivity contribution in [3.8, 4) is 0 Å². The first-order chi connectivity index (χ1) is 6.22. The Morgan fingerprint density at radius 3 is 2.85 bits per heavy atom. The van der Waals surface area contributed by atoms with Crippen molar-refractivity contribution < 1.29 is 4.39 Å². The SMILES string of the molecule is CNCC(C)Cc1cccc(F)c1. The molecule has 1 atom stereocenters. The van der Waals surface area contributed by atoms with E-state index in [4.69, 9.17) is 0 Å². The third-order valence-electron chi connectivity index (χ3n) is 2.03. The van der Waals surface area contributed by atoms with E-state index in [9.17, 15) is 4.39 Å². The highest BCUT2D eigenvalue weighted by atomic mass is 19.1. The number of halogens is 1. The topological polar surface area (TPSA) is 12.0 Å². The first-order valence-corrected chi connectivity index (χ1v) is 4.61. The average molecular weight is 181 g/mol. The molecule has 1 nitrogen and oxygen atoms in total. The number of hydrogen-bond donors (Lipinski definition) is 1. The fourth-order valence-electron chi connectivity index (χ4n) is 1.49. The maximum atomic E-state index is 12.8. The second-order valence-electron chi connectivity index (χ2n) is 3.50. The molecular formula is C11H16FN. The Kier molecular flexibility index (Phi) is 3.90. The molecule has 2 heteroatoms. The zero-order chi connectivity index (χ0) is 9.68. The zero-order valence-electron chi connectivity index (χ0n) is 8.18. The minimum Gasteiger partial charge on any atom is -0.319 e. The van der Waals surface area contributed by atoms with E-state index in [0.717, 1.165) is 18.5 Å². The number of benzene rings is 1. The molecule has 1 rings (SSSR count). The maximum absolute atomic E-state index is 12.8. The van der Waals surface area contributed by atoms with Crippen LogP contribution in [-0.2, 0) is 6.42 Å². The predicted molar refractivity (Wildman–Crippen MR) is 53.2 cm³/mol. The Morgan fingerprint density at radius 2 is 2.23 bits per heavy atom. The first-order valence-electron chi connectivity index (χ1n) is 4.61. The highest BCUT2D eigenvalue weighted by Crippen LogP contribution is 2.09. The van der Waals surface area contributed by atoms with Crippen molar-refractivity contribution in [3.63, 3.8) is 0 Å². The molecule has 1 aromatic rings. The van der Waals surface area contributed by atoms with E-state index in [2.05, 4.69) is 12.2 Å². The van der Waals surface area contributed by atoms with Gasteiger partial charge in [-0.25, -0.2) is 4.39 Å². The lowest BCUT2D eigenvalue weighted by atomic mass is 10.0. The van der Waals surface area contributed by atoms with Crippen molar-refractivity contribution >= 4 is 0 Å². The van der Waals surface area contributed by atoms with E-state index in [1.165, 1.54) is 6.07 Å². The van der Waals surface area contributed by atoms with Crippen molar-refractivity contribution in [1.82, 2.24) is 5.32 Å². The van der Waals surface area contributed by atoms with Gasteiger partial charge in [0.15, 0.2) is 0 Å². The van der Waals surface area contributed by atoms with Crippen molar-refractivity contribution in [1.29, 1.82) is 0 Å². The van der Waals surface area contributed by atoms with Crippen LogP contribution in [0.3, 0.4) is 0 Å². The van der Waals surface area contributed by atoms with Gasteiger partial charge in [-0.05, 0) is 43.6 Å². The Labute approximate surface area is 79.0 Å². The van der Waals surface area contributed by atoms with Crippen molar-refractivity contribution in [2.24, 2.45) is 5.92 Å². The summed E-state index contributed by atoms with van der Waals surface area (Å²) in [6.45, 7) is 3.12. The van der Waals surface area contributed by atoms with Crippen molar-refractivity contribution in [2.75, 3.05) is 13.6 Å². The number of rotatable bonds is 4. The minimum atomic E-state index is -0.144. The molecule has 0 fully saturated rings. The molecule has 0 aliphatic heterocycles. The summed E-state index contributed by atoms with van der Waals surface area (Å²) < 4.78 is 12.8. The van der Waals surface area contributed by atoms with Crippen LogP contribution in [0.25, 0.3) is 0 Å². The predicted octanol–water partition coefficient (Wildman–Crippen LogP) is 2.22. The third kappa shape index (κ3) is 3.55. The monoisotopic (exact) mass is 181 g/mol. The van der Waals surface area contributed by atoms with E-state index in [1.807, 2.05) is 13.1 Å². The van der Waals surface area contributed by atoms with E-state index in [1.54, 1.807) is 12.1 Å². The summed E-state index contributed by atoms with van der Waals surface area (Å²) in [6, 6.07) is 6.81. The molecule has 1 aromatic carbocycles. The van der Waals surface area contributed by atoms with Gasteiger partial charge in [0.1, 0.15) is 5.82 Å².